The lowest BCUT2D eigenvalue weighted by Gasteiger charge is -2.35. The normalized spacial score (nSPS) is 18.5. The van der Waals surface area contributed by atoms with E-state index in [0.717, 1.165) is 56.5 Å². The molecular weight excluding hydrogens is 404 g/mol. The average molecular weight is 435 g/mol. The highest BCUT2D eigenvalue weighted by Gasteiger charge is 2.28. The quantitative estimate of drug-likeness (QED) is 0.633. The van der Waals surface area contributed by atoms with Crippen LogP contribution < -0.4 is 4.90 Å². The van der Waals surface area contributed by atoms with Gasteiger partial charge in [0.1, 0.15) is 0 Å². The number of piperazine rings is 1. The molecule has 0 unspecified atom stereocenters. The molecule has 2 aliphatic heterocycles. The number of amides is 1. The van der Waals surface area contributed by atoms with Crippen LogP contribution in [-0.2, 0) is 11.3 Å². The van der Waals surface area contributed by atoms with Gasteiger partial charge in [-0.15, -0.1) is 0 Å². The molecule has 1 fully saturated rings. The average Bonchev–Trinajstić information content (AvgIpc) is 3.17. The van der Waals surface area contributed by atoms with Gasteiger partial charge >= 0.3 is 0 Å². The molecular formula is C25H30N4OS. The molecule has 1 amide bonds. The monoisotopic (exact) mass is 434 g/mol. The summed E-state index contributed by atoms with van der Waals surface area (Å²) in [6.07, 6.45) is 1.96. The fourth-order valence-corrected chi connectivity index (χ4v) is 4.96. The van der Waals surface area contributed by atoms with Crippen LogP contribution in [0.25, 0.3) is 6.08 Å². The lowest BCUT2D eigenvalue weighted by atomic mass is 10.2. The Morgan fingerprint density at radius 3 is 2.29 bits per heavy atom. The third kappa shape index (κ3) is 5.38. The SMILES string of the molecule is CCN(CC)c1ccc(/C=C2/SC(N3CCN(Cc4ccccc4)CC3)=NC2=O)cc1. The largest absolute Gasteiger partial charge is 0.372 e. The van der Waals surface area contributed by atoms with Crippen LogP contribution >= 0.6 is 11.8 Å². The van der Waals surface area contributed by atoms with Crippen LogP contribution in [-0.4, -0.2) is 60.1 Å². The summed E-state index contributed by atoms with van der Waals surface area (Å²) in [4.78, 5) is 24.5. The van der Waals surface area contributed by atoms with Crippen LogP contribution in [0.5, 0.6) is 0 Å². The second-order valence-corrected chi connectivity index (χ2v) is 8.83. The Morgan fingerprint density at radius 1 is 0.968 bits per heavy atom. The van der Waals surface area contributed by atoms with Gasteiger partial charge in [0, 0.05) is 51.5 Å². The van der Waals surface area contributed by atoms with Gasteiger partial charge in [-0.3, -0.25) is 9.69 Å². The molecule has 0 radical (unpaired) electrons. The van der Waals surface area contributed by atoms with Crippen molar-refractivity contribution in [2.45, 2.75) is 20.4 Å². The van der Waals surface area contributed by atoms with E-state index in [1.165, 1.54) is 23.0 Å². The summed E-state index contributed by atoms with van der Waals surface area (Å²) in [6.45, 7) is 11.0. The minimum Gasteiger partial charge on any atom is -0.372 e. The smallest absolute Gasteiger partial charge is 0.286 e. The van der Waals surface area contributed by atoms with Crippen LogP contribution in [0.3, 0.4) is 0 Å². The zero-order chi connectivity index (χ0) is 21.6. The van der Waals surface area contributed by atoms with Gasteiger partial charge in [0.15, 0.2) is 5.17 Å². The third-order valence-electron chi connectivity index (χ3n) is 5.82. The maximum Gasteiger partial charge on any atom is 0.286 e. The highest BCUT2D eigenvalue weighted by atomic mass is 32.2. The van der Waals surface area contributed by atoms with E-state index in [4.69, 9.17) is 0 Å². The highest BCUT2D eigenvalue weighted by molar-refractivity contribution is 8.18. The second kappa shape index (κ2) is 10.2. The topological polar surface area (TPSA) is 39.1 Å². The van der Waals surface area contributed by atoms with Crippen LogP contribution in [0.15, 0.2) is 64.5 Å². The van der Waals surface area contributed by atoms with Crippen molar-refractivity contribution in [3.8, 4) is 0 Å². The van der Waals surface area contributed by atoms with E-state index < -0.39 is 0 Å². The summed E-state index contributed by atoms with van der Waals surface area (Å²) in [5.41, 5.74) is 3.59. The summed E-state index contributed by atoms with van der Waals surface area (Å²) < 4.78 is 0. The first-order valence-electron chi connectivity index (χ1n) is 11.0. The molecule has 6 heteroatoms. The van der Waals surface area contributed by atoms with Crippen molar-refractivity contribution in [3.63, 3.8) is 0 Å². The van der Waals surface area contributed by atoms with E-state index in [1.807, 2.05) is 6.08 Å². The maximum absolute atomic E-state index is 12.5. The molecule has 2 heterocycles. The molecule has 0 atom stereocenters. The molecule has 0 N–H and O–H groups in total. The Hall–Kier alpha value is -2.57. The predicted molar refractivity (Wildman–Crippen MR) is 131 cm³/mol. The molecule has 31 heavy (non-hydrogen) atoms. The molecule has 0 aliphatic carbocycles. The van der Waals surface area contributed by atoms with E-state index in [9.17, 15) is 4.79 Å². The summed E-state index contributed by atoms with van der Waals surface area (Å²) >= 11 is 1.50. The van der Waals surface area contributed by atoms with Crippen LogP contribution in [0.4, 0.5) is 5.69 Å². The van der Waals surface area contributed by atoms with Crippen LogP contribution in [0.2, 0.25) is 0 Å². The Bertz CT molecular complexity index is 943. The molecule has 4 rings (SSSR count). The van der Waals surface area contributed by atoms with Gasteiger partial charge in [-0.25, -0.2) is 0 Å². The van der Waals surface area contributed by atoms with E-state index in [-0.39, 0.29) is 5.91 Å². The zero-order valence-corrected chi connectivity index (χ0v) is 19.1. The van der Waals surface area contributed by atoms with Gasteiger partial charge in [0.25, 0.3) is 5.91 Å². The number of nitrogens with zero attached hydrogens (tertiary/aromatic N) is 4. The van der Waals surface area contributed by atoms with Crippen molar-refractivity contribution >= 4 is 34.6 Å². The van der Waals surface area contributed by atoms with Crippen molar-refractivity contribution in [2.75, 3.05) is 44.2 Å². The molecule has 0 bridgehead atoms. The van der Waals surface area contributed by atoms with Gasteiger partial charge in [-0.05, 0) is 54.9 Å². The van der Waals surface area contributed by atoms with E-state index >= 15 is 0 Å². The Labute approximate surface area is 189 Å². The maximum atomic E-state index is 12.5. The minimum atomic E-state index is -0.125. The number of amidine groups is 1. The van der Waals surface area contributed by atoms with Crippen LogP contribution in [0.1, 0.15) is 25.0 Å². The number of hydrogen-bond acceptors (Lipinski definition) is 5. The molecule has 1 saturated heterocycles. The van der Waals surface area contributed by atoms with Gasteiger partial charge in [-0.2, -0.15) is 4.99 Å². The lowest BCUT2D eigenvalue weighted by Crippen LogP contribution is -2.47. The van der Waals surface area contributed by atoms with Crippen molar-refractivity contribution in [3.05, 3.63) is 70.6 Å². The Morgan fingerprint density at radius 2 is 1.65 bits per heavy atom. The zero-order valence-electron chi connectivity index (χ0n) is 18.3. The van der Waals surface area contributed by atoms with Gasteiger partial charge in [0.05, 0.1) is 4.91 Å². The summed E-state index contributed by atoms with van der Waals surface area (Å²) in [5, 5.41) is 0.843. The fourth-order valence-electron chi connectivity index (χ4n) is 3.99. The number of rotatable bonds is 6. The number of carbonyl (C=O) groups is 1. The number of thioether (sulfide) groups is 1. The number of hydrogen-bond donors (Lipinski definition) is 0. The van der Waals surface area contributed by atoms with Crippen molar-refractivity contribution in [1.29, 1.82) is 0 Å². The molecule has 5 nitrogen and oxygen atoms in total. The molecule has 2 aliphatic rings. The molecule has 0 saturated carbocycles. The third-order valence-corrected chi connectivity index (χ3v) is 6.86. The molecule has 0 spiro atoms. The number of anilines is 1. The molecule has 2 aromatic carbocycles. The fraction of sp³-hybridized carbons (Fsp3) is 0.360. The van der Waals surface area contributed by atoms with Crippen molar-refractivity contribution in [2.24, 2.45) is 4.99 Å². The summed E-state index contributed by atoms with van der Waals surface area (Å²) in [5.74, 6) is -0.125. The molecule has 0 aromatic heterocycles. The first-order valence-corrected chi connectivity index (χ1v) is 11.9. The van der Waals surface area contributed by atoms with Gasteiger partial charge < -0.3 is 9.80 Å². The predicted octanol–water partition coefficient (Wildman–Crippen LogP) is 4.32. The summed E-state index contributed by atoms with van der Waals surface area (Å²) in [6, 6.07) is 19.0. The Kier molecular flexibility index (Phi) is 7.10. The van der Waals surface area contributed by atoms with Crippen molar-refractivity contribution in [1.82, 2.24) is 9.80 Å². The van der Waals surface area contributed by atoms with Gasteiger partial charge in [0.2, 0.25) is 0 Å². The molecule has 2 aromatic rings. The Balaban J connectivity index is 1.33. The second-order valence-electron chi connectivity index (χ2n) is 7.82. The number of carbonyl (C=O) groups excluding carboxylic acids is 1. The van der Waals surface area contributed by atoms with Crippen molar-refractivity contribution < 1.29 is 4.79 Å². The van der Waals surface area contributed by atoms with Crippen LogP contribution in [0, 0.1) is 0 Å². The molecule has 162 valence electrons. The number of benzene rings is 2. The summed E-state index contributed by atoms with van der Waals surface area (Å²) in [7, 11) is 0. The standard InChI is InChI=1S/C25H30N4OS/c1-3-28(4-2)22-12-10-20(11-13-22)18-23-24(30)26-25(31-23)29-16-14-27(15-17-29)19-21-8-6-5-7-9-21/h5-13,18H,3-4,14-17,19H2,1-2H3/b23-18+. The highest BCUT2D eigenvalue weighted by Crippen LogP contribution is 2.31. The first kappa shape index (κ1) is 21.7. The minimum absolute atomic E-state index is 0.125. The lowest BCUT2D eigenvalue weighted by molar-refractivity contribution is -0.113. The number of aliphatic imine (C=N–C) groups is 1. The van der Waals surface area contributed by atoms with E-state index in [2.05, 4.69) is 88.1 Å². The van der Waals surface area contributed by atoms with E-state index in [0.29, 0.717) is 4.91 Å². The van der Waals surface area contributed by atoms with Gasteiger partial charge in [-0.1, -0.05) is 42.5 Å². The first-order chi connectivity index (χ1) is 15.2. The van der Waals surface area contributed by atoms with E-state index in [1.54, 1.807) is 0 Å².